The number of nitro groups is 1. The van der Waals surface area contributed by atoms with Gasteiger partial charge in [0.25, 0.3) is 5.69 Å². The molecule has 0 aliphatic rings. The molecule has 0 saturated heterocycles. The van der Waals surface area contributed by atoms with Gasteiger partial charge in [0, 0.05) is 17.8 Å². The van der Waals surface area contributed by atoms with Gasteiger partial charge in [-0.05, 0) is 32.4 Å². The molecule has 0 aliphatic heterocycles. The summed E-state index contributed by atoms with van der Waals surface area (Å²) in [4.78, 5) is 21.2. The quantitative estimate of drug-likeness (QED) is 0.358. The number of anilines is 1. The van der Waals surface area contributed by atoms with E-state index in [1.807, 2.05) is 0 Å². The fourth-order valence-corrected chi connectivity index (χ4v) is 1.39. The maximum absolute atomic E-state index is 11.2. The van der Waals surface area contributed by atoms with E-state index >= 15 is 0 Å². The molecule has 0 amide bonds. The number of nitrogens with one attached hydrogen (secondary N) is 1. The van der Waals surface area contributed by atoms with Crippen LogP contribution >= 0.6 is 0 Å². The molecule has 0 spiro atoms. The molecule has 20 heavy (non-hydrogen) atoms. The number of carbonyl (C=O) groups is 1. The molecule has 7 nitrogen and oxygen atoms in total. The maximum Gasteiger partial charge on any atom is 0.306 e. The highest BCUT2D eigenvalue weighted by atomic mass is 16.6. The van der Waals surface area contributed by atoms with Crippen LogP contribution in [0.25, 0.3) is 0 Å². The number of nitrogens with zero attached hydrogens (tertiary/aromatic N) is 2. The number of hydrazone groups is 1. The Balaban J connectivity index is 2.46. The first-order valence-electron chi connectivity index (χ1n) is 6.22. The lowest BCUT2D eigenvalue weighted by Crippen LogP contribution is -2.07. The van der Waals surface area contributed by atoms with Gasteiger partial charge in [-0.1, -0.05) is 0 Å². The molecule has 0 unspecified atom stereocenters. The van der Waals surface area contributed by atoms with E-state index in [0.717, 1.165) is 5.71 Å². The van der Waals surface area contributed by atoms with Crippen LogP contribution in [-0.2, 0) is 9.53 Å². The van der Waals surface area contributed by atoms with Crippen LogP contribution in [0.5, 0.6) is 0 Å². The lowest BCUT2D eigenvalue weighted by atomic mass is 10.2. The fraction of sp³-hybridized carbons (Fsp3) is 0.385. The number of carbonyl (C=O) groups excluding carboxylic acids is 1. The predicted octanol–water partition coefficient (Wildman–Crippen LogP) is 2.73. The minimum absolute atomic E-state index is 0.0264. The van der Waals surface area contributed by atoms with Crippen LogP contribution in [-0.4, -0.2) is 23.2 Å². The second-order valence-corrected chi connectivity index (χ2v) is 4.07. The molecule has 1 aromatic rings. The minimum Gasteiger partial charge on any atom is -0.466 e. The third-order valence-electron chi connectivity index (χ3n) is 2.45. The normalized spacial score (nSPS) is 11.0. The van der Waals surface area contributed by atoms with Crippen molar-refractivity contribution in [2.45, 2.75) is 26.7 Å². The smallest absolute Gasteiger partial charge is 0.306 e. The number of non-ortho nitro benzene ring substituents is 1. The number of benzene rings is 1. The van der Waals surface area contributed by atoms with Gasteiger partial charge in [-0.3, -0.25) is 20.3 Å². The number of esters is 1. The zero-order chi connectivity index (χ0) is 15.0. The number of hydrogen-bond acceptors (Lipinski definition) is 6. The average molecular weight is 279 g/mol. The van der Waals surface area contributed by atoms with Crippen molar-refractivity contribution in [2.75, 3.05) is 12.0 Å². The summed E-state index contributed by atoms with van der Waals surface area (Å²) in [5.41, 5.74) is 4.20. The van der Waals surface area contributed by atoms with Crippen LogP contribution in [0.4, 0.5) is 11.4 Å². The van der Waals surface area contributed by atoms with Gasteiger partial charge < -0.3 is 4.74 Å². The highest BCUT2D eigenvalue weighted by Crippen LogP contribution is 2.15. The van der Waals surface area contributed by atoms with E-state index in [-0.39, 0.29) is 18.1 Å². The summed E-state index contributed by atoms with van der Waals surface area (Å²) in [6.07, 6.45) is 0.782. The van der Waals surface area contributed by atoms with E-state index in [1.165, 1.54) is 12.1 Å². The Morgan fingerprint density at radius 1 is 1.35 bits per heavy atom. The topological polar surface area (TPSA) is 93.8 Å². The highest BCUT2D eigenvalue weighted by Gasteiger charge is 2.04. The van der Waals surface area contributed by atoms with Crippen LogP contribution in [0.15, 0.2) is 29.4 Å². The zero-order valence-corrected chi connectivity index (χ0v) is 11.5. The molecule has 0 fully saturated rings. The third kappa shape index (κ3) is 5.47. The Labute approximate surface area is 116 Å². The second kappa shape index (κ2) is 7.88. The van der Waals surface area contributed by atoms with E-state index in [0.29, 0.717) is 18.7 Å². The second-order valence-electron chi connectivity index (χ2n) is 4.07. The van der Waals surface area contributed by atoms with Gasteiger partial charge in [0.05, 0.1) is 23.6 Å². The van der Waals surface area contributed by atoms with Crippen molar-refractivity contribution in [2.24, 2.45) is 5.10 Å². The zero-order valence-electron chi connectivity index (χ0n) is 11.5. The SMILES string of the molecule is CCOC(=O)CC/C(C)=N\Nc1ccc([N+](=O)[O-])cc1. The molecule has 7 heteroatoms. The largest absolute Gasteiger partial charge is 0.466 e. The van der Waals surface area contributed by atoms with Crippen molar-refractivity contribution in [1.82, 2.24) is 0 Å². The van der Waals surface area contributed by atoms with Gasteiger partial charge in [-0.15, -0.1) is 0 Å². The summed E-state index contributed by atoms with van der Waals surface area (Å²) < 4.78 is 4.81. The van der Waals surface area contributed by atoms with Crippen LogP contribution in [0.3, 0.4) is 0 Å². The van der Waals surface area contributed by atoms with Gasteiger partial charge in [-0.25, -0.2) is 0 Å². The Morgan fingerprint density at radius 2 is 2.00 bits per heavy atom. The van der Waals surface area contributed by atoms with Crippen LogP contribution < -0.4 is 5.43 Å². The summed E-state index contributed by atoms with van der Waals surface area (Å²) in [7, 11) is 0. The molecule has 1 aromatic carbocycles. The third-order valence-corrected chi connectivity index (χ3v) is 2.45. The standard InChI is InChI=1S/C13H17N3O4/c1-3-20-13(17)9-4-10(2)14-15-11-5-7-12(8-6-11)16(18)19/h5-8,15H,3-4,9H2,1-2H3/b14-10-. The predicted molar refractivity (Wildman–Crippen MR) is 75.7 cm³/mol. The molecule has 0 aromatic heterocycles. The van der Waals surface area contributed by atoms with E-state index in [2.05, 4.69) is 10.5 Å². The minimum atomic E-state index is -0.461. The van der Waals surface area contributed by atoms with E-state index < -0.39 is 4.92 Å². The summed E-state index contributed by atoms with van der Waals surface area (Å²) in [5.74, 6) is -0.252. The van der Waals surface area contributed by atoms with Crippen LogP contribution in [0.1, 0.15) is 26.7 Å². The molecule has 0 bridgehead atoms. The first-order chi connectivity index (χ1) is 9.52. The molecule has 108 valence electrons. The molecule has 1 rings (SSSR count). The van der Waals surface area contributed by atoms with Crippen molar-refractivity contribution in [3.05, 3.63) is 34.4 Å². The molecule has 1 N–H and O–H groups in total. The molecular formula is C13H17N3O4. The molecule has 0 heterocycles. The maximum atomic E-state index is 11.2. The number of hydrogen-bond donors (Lipinski definition) is 1. The monoisotopic (exact) mass is 279 g/mol. The van der Waals surface area contributed by atoms with E-state index in [4.69, 9.17) is 4.74 Å². The fourth-order valence-electron chi connectivity index (χ4n) is 1.39. The molecule has 0 saturated carbocycles. The van der Waals surface area contributed by atoms with Crippen molar-refractivity contribution in [1.29, 1.82) is 0 Å². The van der Waals surface area contributed by atoms with Crippen LogP contribution in [0, 0.1) is 10.1 Å². The molecular weight excluding hydrogens is 262 g/mol. The molecule has 0 radical (unpaired) electrons. The van der Waals surface area contributed by atoms with E-state index in [1.54, 1.807) is 26.0 Å². The average Bonchev–Trinajstić information content (AvgIpc) is 2.43. The first-order valence-corrected chi connectivity index (χ1v) is 6.22. The Hall–Kier alpha value is -2.44. The van der Waals surface area contributed by atoms with Gasteiger partial charge in [-0.2, -0.15) is 5.10 Å². The summed E-state index contributed by atoms with van der Waals surface area (Å²) in [5, 5.41) is 14.6. The number of nitro benzene ring substituents is 1. The van der Waals surface area contributed by atoms with Crippen molar-refractivity contribution in [3.63, 3.8) is 0 Å². The Kier molecular flexibility index (Phi) is 6.15. The Morgan fingerprint density at radius 3 is 2.55 bits per heavy atom. The number of ether oxygens (including phenoxy) is 1. The lowest BCUT2D eigenvalue weighted by Gasteiger charge is -2.03. The summed E-state index contributed by atoms with van der Waals surface area (Å²) >= 11 is 0. The Bertz CT molecular complexity index is 497. The van der Waals surface area contributed by atoms with Gasteiger partial charge in [0.15, 0.2) is 0 Å². The van der Waals surface area contributed by atoms with Crippen molar-refractivity contribution < 1.29 is 14.5 Å². The summed E-state index contributed by atoms with van der Waals surface area (Å²) in [6.45, 7) is 3.92. The molecule has 0 atom stereocenters. The van der Waals surface area contributed by atoms with Crippen molar-refractivity contribution >= 4 is 23.1 Å². The lowest BCUT2D eigenvalue weighted by molar-refractivity contribution is -0.384. The van der Waals surface area contributed by atoms with Gasteiger partial charge >= 0.3 is 5.97 Å². The van der Waals surface area contributed by atoms with Crippen LogP contribution in [0.2, 0.25) is 0 Å². The van der Waals surface area contributed by atoms with E-state index in [9.17, 15) is 14.9 Å². The summed E-state index contributed by atoms with van der Waals surface area (Å²) in [6, 6.07) is 5.93. The highest BCUT2D eigenvalue weighted by molar-refractivity contribution is 5.86. The molecule has 0 aliphatic carbocycles. The van der Waals surface area contributed by atoms with Gasteiger partial charge in [0.2, 0.25) is 0 Å². The first kappa shape index (κ1) is 15.6. The number of rotatable bonds is 7. The van der Waals surface area contributed by atoms with Gasteiger partial charge in [0.1, 0.15) is 0 Å². The van der Waals surface area contributed by atoms with Crippen molar-refractivity contribution in [3.8, 4) is 0 Å².